The fraction of sp³-hybridized carbons (Fsp3) is 0.368. The van der Waals surface area contributed by atoms with Crippen LogP contribution in [0.15, 0.2) is 42.6 Å². The van der Waals surface area contributed by atoms with Crippen molar-refractivity contribution in [1.82, 2.24) is 10.3 Å². The zero-order valence-corrected chi connectivity index (χ0v) is 14.8. The van der Waals surface area contributed by atoms with E-state index in [-0.39, 0.29) is 5.75 Å². The van der Waals surface area contributed by atoms with E-state index in [1.165, 1.54) is 0 Å². The lowest BCUT2D eigenvalue weighted by Gasteiger charge is -2.19. The Morgan fingerprint density at radius 1 is 1.24 bits per heavy atom. The second kappa shape index (κ2) is 8.37. The number of benzene rings is 1. The first kappa shape index (κ1) is 18.6. The molecule has 1 aromatic carbocycles. The third-order valence-corrected chi connectivity index (χ3v) is 3.14. The predicted octanol–water partition coefficient (Wildman–Crippen LogP) is 3.75. The highest BCUT2D eigenvalue weighted by molar-refractivity contribution is 5.68. The maximum absolute atomic E-state index is 11.6. The summed E-state index contributed by atoms with van der Waals surface area (Å²) >= 11 is 0. The molecule has 0 saturated heterocycles. The normalized spacial score (nSPS) is 11.0. The molecule has 0 unspecified atom stereocenters. The number of carbonyl (C=O) groups excluding carboxylic acids is 1. The molecule has 6 heteroatoms. The largest absolute Gasteiger partial charge is 0.508 e. The molecule has 0 bridgehead atoms. The number of pyridine rings is 1. The number of alkyl carbamates (subject to hydrolysis) is 1. The van der Waals surface area contributed by atoms with Gasteiger partial charge in [-0.15, -0.1) is 0 Å². The summed E-state index contributed by atoms with van der Waals surface area (Å²) in [5, 5.41) is 12.3. The van der Waals surface area contributed by atoms with E-state index >= 15 is 0 Å². The Labute approximate surface area is 147 Å². The summed E-state index contributed by atoms with van der Waals surface area (Å²) in [4.78, 5) is 15.9. The van der Waals surface area contributed by atoms with Gasteiger partial charge in [-0.2, -0.15) is 0 Å². The number of hydrogen-bond donors (Lipinski definition) is 2. The Balaban J connectivity index is 1.85. The van der Waals surface area contributed by atoms with Crippen LogP contribution in [0.3, 0.4) is 0 Å². The number of aromatic hydroxyl groups is 1. The van der Waals surface area contributed by atoms with Gasteiger partial charge in [0, 0.05) is 18.3 Å². The van der Waals surface area contributed by atoms with Gasteiger partial charge in [-0.25, -0.2) is 4.79 Å². The van der Waals surface area contributed by atoms with Crippen LogP contribution in [0.25, 0.3) is 11.3 Å². The summed E-state index contributed by atoms with van der Waals surface area (Å²) in [6, 6.07) is 10.5. The summed E-state index contributed by atoms with van der Waals surface area (Å²) in [5.41, 5.74) is 0.938. The monoisotopic (exact) mass is 344 g/mol. The summed E-state index contributed by atoms with van der Waals surface area (Å²) in [5.74, 6) is 0.807. The molecule has 6 nitrogen and oxygen atoms in total. The lowest BCUT2D eigenvalue weighted by Crippen LogP contribution is -2.33. The summed E-state index contributed by atoms with van der Waals surface area (Å²) in [6.45, 7) is 6.34. The highest BCUT2D eigenvalue weighted by Gasteiger charge is 2.15. The molecule has 2 rings (SSSR count). The third-order valence-electron chi connectivity index (χ3n) is 3.14. The standard InChI is InChI=1S/C19H24N2O4/c1-19(2,3)25-18(23)21-11-6-12-24-16-9-5-10-20-17(16)14-7-4-8-15(22)13-14/h4-5,7-10,13,22H,6,11-12H2,1-3H3,(H,21,23). The molecule has 0 atom stereocenters. The molecule has 0 radical (unpaired) electrons. The Bertz CT molecular complexity index is 711. The van der Waals surface area contributed by atoms with Gasteiger partial charge in [0.25, 0.3) is 0 Å². The molecule has 2 N–H and O–H groups in total. The Morgan fingerprint density at radius 2 is 2.04 bits per heavy atom. The van der Waals surface area contributed by atoms with Crippen molar-refractivity contribution in [2.75, 3.05) is 13.2 Å². The second-order valence-electron chi connectivity index (χ2n) is 6.53. The molecule has 0 fully saturated rings. The average Bonchev–Trinajstić information content (AvgIpc) is 2.53. The lowest BCUT2D eigenvalue weighted by molar-refractivity contribution is 0.0525. The summed E-state index contributed by atoms with van der Waals surface area (Å²) in [6.07, 6.45) is 1.87. The highest BCUT2D eigenvalue weighted by Crippen LogP contribution is 2.29. The molecule has 0 aliphatic heterocycles. The SMILES string of the molecule is CC(C)(C)OC(=O)NCCCOc1cccnc1-c1cccc(O)c1. The van der Waals surface area contributed by atoms with Gasteiger partial charge in [-0.3, -0.25) is 4.98 Å². The van der Waals surface area contributed by atoms with Crippen LogP contribution in [0.4, 0.5) is 4.79 Å². The number of nitrogens with zero attached hydrogens (tertiary/aromatic N) is 1. The Kier molecular flexibility index (Phi) is 6.22. The van der Waals surface area contributed by atoms with E-state index in [2.05, 4.69) is 10.3 Å². The van der Waals surface area contributed by atoms with Crippen molar-refractivity contribution in [3.8, 4) is 22.8 Å². The van der Waals surface area contributed by atoms with Crippen molar-refractivity contribution in [3.05, 3.63) is 42.6 Å². The number of phenols is 1. The summed E-state index contributed by atoms with van der Waals surface area (Å²) < 4.78 is 10.9. The highest BCUT2D eigenvalue weighted by atomic mass is 16.6. The summed E-state index contributed by atoms with van der Waals surface area (Å²) in [7, 11) is 0. The van der Waals surface area contributed by atoms with Crippen molar-refractivity contribution in [2.24, 2.45) is 0 Å². The topological polar surface area (TPSA) is 80.7 Å². The molecule has 134 valence electrons. The maximum atomic E-state index is 11.6. The predicted molar refractivity (Wildman–Crippen MR) is 95.7 cm³/mol. The maximum Gasteiger partial charge on any atom is 0.407 e. The van der Waals surface area contributed by atoms with E-state index in [9.17, 15) is 9.90 Å². The van der Waals surface area contributed by atoms with Crippen LogP contribution < -0.4 is 10.1 Å². The van der Waals surface area contributed by atoms with Crippen molar-refractivity contribution >= 4 is 6.09 Å². The molecule has 1 amide bonds. The number of carbonyl (C=O) groups is 1. The molecule has 1 heterocycles. The van der Waals surface area contributed by atoms with E-state index in [1.54, 1.807) is 30.5 Å². The first-order valence-electron chi connectivity index (χ1n) is 8.19. The molecule has 0 spiro atoms. The van der Waals surface area contributed by atoms with E-state index in [1.807, 2.05) is 32.9 Å². The van der Waals surface area contributed by atoms with Crippen LogP contribution in [0, 0.1) is 0 Å². The van der Waals surface area contributed by atoms with Crippen LogP contribution in [0.1, 0.15) is 27.2 Å². The quantitative estimate of drug-likeness (QED) is 0.780. The first-order chi connectivity index (χ1) is 11.8. The minimum absolute atomic E-state index is 0.177. The van der Waals surface area contributed by atoms with E-state index in [4.69, 9.17) is 9.47 Å². The number of rotatable bonds is 6. The molecule has 2 aromatic rings. The fourth-order valence-electron chi connectivity index (χ4n) is 2.14. The minimum Gasteiger partial charge on any atom is -0.508 e. The zero-order valence-electron chi connectivity index (χ0n) is 14.8. The van der Waals surface area contributed by atoms with Crippen molar-refractivity contribution in [2.45, 2.75) is 32.8 Å². The van der Waals surface area contributed by atoms with Gasteiger partial charge in [-0.05, 0) is 51.5 Å². The second-order valence-corrected chi connectivity index (χ2v) is 6.53. The van der Waals surface area contributed by atoms with Gasteiger partial charge < -0.3 is 19.9 Å². The number of amides is 1. The smallest absolute Gasteiger partial charge is 0.407 e. The van der Waals surface area contributed by atoms with Gasteiger partial charge in [0.1, 0.15) is 22.8 Å². The number of hydrogen-bond acceptors (Lipinski definition) is 5. The molecular weight excluding hydrogens is 320 g/mol. The first-order valence-corrected chi connectivity index (χ1v) is 8.19. The minimum atomic E-state index is -0.508. The van der Waals surface area contributed by atoms with Crippen LogP contribution in [0.2, 0.25) is 0 Å². The van der Waals surface area contributed by atoms with Crippen LogP contribution >= 0.6 is 0 Å². The third kappa shape index (κ3) is 6.33. The molecular formula is C19H24N2O4. The van der Waals surface area contributed by atoms with Crippen LogP contribution in [-0.2, 0) is 4.74 Å². The number of nitrogens with one attached hydrogen (secondary N) is 1. The lowest BCUT2D eigenvalue weighted by atomic mass is 10.1. The fourth-order valence-corrected chi connectivity index (χ4v) is 2.14. The number of ether oxygens (including phenoxy) is 2. The van der Waals surface area contributed by atoms with Crippen molar-refractivity contribution < 1.29 is 19.4 Å². The van der Waals surface area contributed by atoms with Gasteiger partial charge in [0.05, 0.1) is 6.61 Å². The van der Waals surface area contributed by atoms with E-state index in [0.717, 1.165) is 5.56 Å². The van der Waals surface area contributed by atoms with Gasteiger partial charge in [0.2, 0.25) is 0 Å². The van der Waals surface area contributed by atoms with Crippen LogP contribution in [-0.4, -0.2) is 34.9 Å². The van der Waals surface area contributed by atoms with Crippen LogP contribution in [0.5, 0.6) is 11.5 Å². The van der Waals surface area contributed by atoms with Crippen molar-refractivity contribution in [1.29, 1.82) is 0 Å². The molecule has 0 saturated carbocycles. The average molecular weight is 344 g/mol. The molecule has 1 aromatic heterocycles. The van der Waals surface area contributed by atoms with Crippen molar-refractivity contribution in [3.63, 3.8) is 0 Å². The number of aromatic nitrogens is 1. The van der Waals surface area contributed by atoms with E-state index < -0.39 is 11.7 Å². The molecule has 25 heavy (non-hydrogen) atoms. The van der Waals surface area contributed by atoms with Gasteiger partial charge >= 0.3 is 6.09 Å². The molecule has 0 aliphatic carbocycles. The van der Waals surface area contributed by atoms with Gasteiger partial charge in [-0.1, -0.05) is 12.1 Å². The number of phenolic OH excluding ortho intramolecular Hbond substituents is 1. The van der Waals surface area contributed by atoms with E-state index in [0.29, 0.717) is 31.0 Å². The molecule has 0 aliphatic rings. The Hall–Kier alpha value is -2.76. The Morgan fingerprint density at radius 3 is 2.76 bits per heavy atom. The zero-order chi connectivity index (χ0) is 18.3. The van der Waals surface area contributed by atoms with Gasteiger partial charge in [0.15, 0.2) is 0 Å².